The zero-order valence-corrected chi connectivity index (χ0v) is 16.9. The lowest BCUT2D eigenvalue weighted by atomic mass is 9.89. The Labute approximate surface area is 170 Å². The number of esters is 1. The number of aromatic nitrogens is 2. The van der Waals surface area contributed by atoms with Gasteiger partial charge in [-0.3, -0.25) is 4.79 Å². The van der Waals surface area contributed by atoms with Crippen LogP contribution in [0.3, 0.4) is 0 Å². The molecule has 5 rings (SSSR count). The van der Waals surface area contributed by atoms with Crippen LogP contribution in [0.5, 0.6) is 11.5 Å². The smallest absolute Gasteiger partial charge is 0.338 e. The molecule has 0 spiro atoms. The van der Waals surface area contributed by atoms with Crippen LogP contribution in [0.2, 0.25) is 0 Å². The maximum Gasteiger partial charge on any atom is 0.338 e. The summed E-state index contributed by atoms with van der Waals surface area (Å²) < 4.78 is 16.1. The van der Waals surface area contributed by atoms with Gasteiger partial charge in [-0.25, -0.2) is 9.78 Å². The van der Waals surface area contributed by atoms with Crippen molar-refractivity contribution in [1.82, 2.24) is 9.97 Å². The Kier molecular flexibility index (Phi) is 4.31. The standard InChI is InChI=1S/C21H20N2O5S/c1-10-3-5-13-16(7-10)29-20-17(13)19(24)22-18(23-20)11(2)28-21(25)12-4-6-14-15(8-12)27-9-26-14/h4,6,8,10-11H,3,5,7,9H2,1-2H3,(H,22,23,24)/t10-,11-/m0/s1. The number of rotatable bonds is 3. The molecular weight excluding hydrogens is 392 g/mol. The molecule has 2 aromatic heterocycles. The number of aryl methyl sites for hydroxylation is 1. The second kappa shape index (κ2) is 6.88. The largest absolute Gasteiger partial charge is 0.454 e. The molecule has 2 atom stereocenters. The minimum Gasteiger partial charge on any atom is -0.454 e. The summed E-state index contributed by atoms with van der Waals surface area (Å²) in [5.74, 6) is 1.57. The van der Waals surface area contributed by atoms with E-state index in [-0.39, 0.29) is 12.4 Å². The molecule has 1 aromatic carbocycles. The van der Waals surface area contributed by atoms with Crippen LogP contribution in [-0.4, -0.2) is 22.7 Å². The minimum atomic E-state index is -0.692. The third kappa shape index (κ3) is 3.17. The van der Waals surface area contributed by atoms with Gasteiger partial charge in [0.15, 0.2) is 23.4 Å². The number of nitrogens with one attached hydrogen (secondary N) is 1. The number of aromatic amines is 1. The molecule has 0 bridgehead atoms. The molecule has 0 fully saturated rings. The number of benzene rings is 1. The Morgan fingerprint density at radius 2 is 2.17 bits per heavy atom. The lowest BCUT2D eigenvalue weighted by Crippen LogP contribution is -2.18. The highest BCUT2D eigenvalue weighted by Crippen LogP contribution is 2.36. The van der Waals surface area contributed by atoms with Crippen molar-refractivity contribution in [2.24, 2.45) is 5.92 Å². The van der Waals surface area contributed by atoms with Crippen LogP contribution in [0.25, 0.3) is 10.2 Å². The van der Waals surface area contributed by atoms with Crippen molar-refractivity contribution in [2.45, 2.75) is 39.2 Å². The first-order valence-electron chi connectivity index (χ1n) is 9.64. The van der Waals surface area contributed by atoms with Gasteiger partial charge >= 0.3 is 5.97 Å². The molecule has 3 heterocycles. The maximum absolute atomic E-state index is 12.7. The quantitative estimate of drug-likeness (QED) is 0.659. The van der Waals surface area contributed by atoms with Gasteiger partial charge in [0.05, 0.1) is 10.9 Å². The van der Waals surface area contributed by atoms with Crippen LogP contribution < -0.4 is 15.0 Å². The van der Waals surface area contributed by atoms with Gasteiger partial charge in [-0.05, 0) is 55.9 Å². The first kappa shape index (κ1) is 18.2. The fourth-order valence-electron chi connectivity index (χ4n) is 3.87. The van der Waals surface area contributed by atoms with Crippen LogP contribution in [0.4, 0.5) is 0 Å². The molecule has 1 aliphatic carbocycles. The molecule has 0 unspecified atom stereocenters. The van der Waals surface area contributed by atoms with Crippen LogP contribution in [0.15, 0.2) is 23.0 Å². The minimum absolute atomic E-state index is 0.138. The van der Waals surface area contributed by atoms with E-state index in [0.29, 0.717) is 39.0 Å². The number of ether oxygens (including phenoxy) is 3. The van der Waals surface area contributed by atoms with Crippen molar-refractivity contribution in [2.75, 3.05) is 6.79 Å². The first-order chi connectivity index (χ1) is 14.0. The Hall–Kier alpha value is -2.87. The van der Waals surface area contributed by atoms with Gasteiger partial charge in [-0.2, -0.15) is 0 Å². The first-order valence-corrected chi connectivity index (χ1v) is 10.5. The zero-order chi connectivity index (χ0) is 20.1. The summed E-state index contributed by atoms with van der Waals surface area (Å²) in [5.41, 5.74) is 1.32. The summed E-state index contributed by atoms with van der Waals surface area (Å²) in [6.07, 6.45) is 2.29. The topological polar surface area (TPSA) is 90.5 Å². The van der Waals surface area contributed by atoms with Gasteiger partial charge in [0.2, 0.25) is 6.79 Å². The van der Waals surface area contributed by atoms with Crippen LogP contribution in [0, 0.1) is 5.92 Å². The highest BCUT2D eigenvalue weighted by molar-refractivity contribution is 7.18. The van der Waals surface area contributed by atoms with Gasteiger partial charge in [0.25, 0.3) is 5.56 Å². The average Bonchev–Trinajstić information content (AvgIpc) is 3.30. The number of carbonyl (C=O) groups excluding carboxylic acids is 1. The van der Waals surface area contributed by atoms with Gasteiger partial charge in [-0.15, -0.1) is 11.3 Å². The van der Waals surface area contributed by atoms with Crippen molar-refractivity contribution < 1.29 is 19.0 Å². The molecule has 2 aliphatic rings. The second-order valence-corrected chi connectivity index (χ2v) is 8.68. The molecule has 8 heteroatoms. The summed E-state index contributed by atoms with van der Waals surface area (Å²) >= 11 is 1.58. The van der Waals surface area contributed by atoms with E-state index in [1.165, 1.54) is 4.88 Å². The predicted octanol–water partition coefficient (Wildman–Crippen LogP) is 3.76. The third-order valence-electron chi connectivity index (χ3n) is 5.46. The molecule has 29 heavy (non-hydrogen) atoms. The van der Waals surface area contributed by atoms with Crippen molar-refractivity contribution in [1.29, 1.82) is 0 Å². The van der Waals surface area contributed by atoms with E-state index in [2.05, 4.69) is 16.9 Å². The molecular formula is C21H20N2O5S. The number of thiophene rings is 1. The predicted molar refractivity (Wildman–Crippen MR) is 108 cm³/mol. The van der Waals surface area contributed by atoms with Gasteiger partial charge in [-0.1, -0.05) is 6.92 Å². The Morgan fingerprint density at radius 1 is 1.34 bits per heavy atom. The normalized spacial score (nSPS) is 18.5. The van der Waals surface area contributed by atoms with Crippen LogP contribution >= 0.6 is 11.3 Å². The highest BCUT2D eigenvalue weighted by Gasteiger charge is 2.25. The molecule has 0 saturated heterocycles. The molecule has 7 nitrogen and oxygen atoms in total. The van der Waals surface area contributed by atoms with E-state index in [9.17, 15) is 9.59 Å². The van der Waals surface area contributed by atoms with E-state index in [4.69, 9.17) is 14.2 Å². The monoisotopic (exact) mass is 412 g/mol. The number of carbonyl (C=O) groups is 1. The van der Waals surface area contributed by atoms with E-state index in [1.54, 1.807) is 36.5 Å². The summed E-state index contributed by atoms with van der Waals surface area (Å²) in [6, 6.07) is 4.88. The van der Waals surface area contributed by atoms with E-state index in [0.717, 1.165) is 24.8 Å². The SMILES string of the molecule is C[C@H]1CCc2c(sc3nc([C@H](C)OC(=O)c4ccc5c(c4)OCO5)[nH]c(=O)c23)C1. The van der Waals surface area contributed by atoms with Crippen molar-refractivity contribution in [3.8, 4) is 11.5 Å². The summed E-state index contributed by atoms with van der Waals surface area (Å²) in [5, 5.41) is 0.690. The molecule has 0 saturated carbocycles. The van der Waals surface area contributed by atoms with Gasteiger partial charge in [0, 0.05) is 4.88 Å². The highest BCUT2D eigenvalue weighted by atomic mass is 32.1. The lowest BCUT2D eigenvalue weighted by Gasteiger charge is -2.17. The number of nitrogens with zero attached hydrogens (tertiary/aromatic N) is 1. The third-order valence-corrected chi connectivity index (χ3v) is 6.61. The number of hydrogen-bond acceptors (Lipinski definition) is 7. The zero-order valence-electron chi connectivity index (χ0n) is 16.1. The Morgan fingerprint density at radius 3 is 3.03 bits per heavy atom. The Bertz CT molecular complexity index is 1180. The maximum atomic E-state index is 12.7. The van der Waals surface area contributed by atoms with Crippen molar-refractivity contribution in [3.63, 3.8) is 0 Å². The van der Waals surface area contributed by atoms with Gasteiger partial charge in [0.1, 0.15) is 4.83 Å². The number of hydrogen-bond donors (Lipinski definition) is 1. The van der Waals surface area contributed by atoms with Crippen molar-refractivity contribution in [3.05, 3.63) is 50.4 Å². The van der Waals surface area contributed by atoms with Gasteiger partial charge < -0.3 is 19.2 Å². The molecule has 1 N–H and O–H groups in total. The van der Waals surface area contributed by atoms with Crippen molar-refractivity contribution >= 4 is 27.5 Å². The lowest BCUT2D eigenvalue weighted by molar-refractivity contribution is 0.0319. The molecule has 150 valence electrons. The number of H-pyrrole nitrogens is 1. The van der Waals surface area contributed by atoms with E-state index < -0.39 is 12.1 Å². The second-order valence-electron chi connectivity index (χ2n) is 7.60. The van der Waals surface area contributed by atoms with Crippen LogP contribution in [0.1, 0.15) is 53.0 Å². The molecule has 1 aliphatic heterocycles. The van der Waals surface area contributed by atoms with Crippen LogP contribution in [-0.2, 0) is 17.6 Å². The molecule has 0 amide bonds. The van der Waals surface area contributed by atoms with E-state index >= 15 is 0 Å². The fraction of sp³-hybridized carbons (Fsp3) is 0.381. The molecule has 0 radical (unpaired) electrons. The Balaban J connectivity index is 1.41. The average molecular weight is 412 g/mol. The summed E-state index contributed by atoms with van der Waals surface area (Å²) in [7, 11) is 0. The summed E-state index contributed by atoms with van der Waals surface area (Å²) in [4.78, 5) is 34.7. The fourth-order valence-corrected chi connectivity index (χ4v) is 5.26. The summed E-state index contributed by atoms with van der Waals surface area (Å²) in [6.45, 7) is 4.07. The van der Waals surface area contributed by atoms with E-state index in [1.807, 2.05) is 0 Å². The number of fused-ring (bicyclic) bond motifs is 4. The molecule has 3 aromatic rings.